The van der Waals surface area contributed by atoms with Gasteiger partial charge in [0.25, 0.3) is 0 Å². The highest BCUT2D eigenvalue weighted by atomic mass is 15.3. The zero-order chi connectivity index (χ0) is 12.7. The molecule has 0 fully saturated rings. The number of quaternary nitrogens is 1. The lowest BCUT2D eigenvalue weighted by Crippen LogP contribution is -2.49. The van der Waals surface area contributed by atoms with Crippen LogP contribution in [0.5, 0.6) is 0 Å². The molecule has 1 aromatic rings. The molecule has 0 spiro atoms. The van der Waals surface area contributed by atoms with Crippen LogP contribution < -0.4 is 10.2 Å². The van der Waals surface area contributed by atoms with E-state index in [0.717, 1.165) is 29.8 Å². The fourth-order valence-corrected chi connectivity index (χ4v) is 2.07. The Bertz CT molecular complexity index is 363. The Morgan fingerprint density at radius 3 is 1.65 bits per heavy atom. The van der Waals surface area contributed by atoms with Gasteiger partial charge in [-0.15, -0.1) is 0 Å². The number of hydrogen-bond donors (Lipinski definition) is 1. The van der Waals surface area contributed by atoms with Gasteiger partial charge >= 0.3 is 0 Å². The van der Waals surface area contributed by atoms with Crippen molar-refractivity contribution in [1.29, 1.82) is 0 Å². The maximum Gasteiger partial charge on any atom is 0.133 e. The first kappa shape index (κ1) is 13.3. The molecule has 0 amide bonds. The summed E-state index contributed by atoms with van der Waals surface area (Å²) >= 11 is 0. The minimum Gasteiger partial charge on any atom is -0.399 e. The van der Waals surface area contributed by atoms with E-state index >= 15 is 0 Å². The van der Waals surface area contributed by atoms with E-state index in [1.165, 1.54) is 5.69 Å². The van der Waals surface area contributed by atoms with Gasteiger partial charge < -0.3 is 5.73 Å². The van der Waals surface area contributed by atoms with Gasteiger partial charge in [0.2, 0.25) is 0 Å². The number of rotatable bonds is 7. The molecule has 0 aliphatic carbocycles. The van der Waals surface area contributed by atoms with Gasteiger partial charge in [0, 0.05) is 17.8 Å². The second-order valence-corrected chi connectivity index (χ2v) is 4.15. The molecule has 0 aliphatic rings. The minimum atomic E-state index is 0.761. The zero-order valence-corrected chi connectivity index (χ0v) is 10.3. The van der Waals surface area contributed by atoms with Crippen molar-refractivity contribution in [2.24, 2.45) is 0 Å². The summed E-state index contributed by atoms with van der Waals surface area (Å²) in [7, 11) is 0. The average Bonchev–Trinajstić information content (AvgIpc) is 2.30. The molecule has 2 N–H and O–H groups in total. The highest BCUT2D eigenvalue weighted by molar-refractivity contribution is 5.51. The Labute approximate surface area is 104 Å². The van der Waals surface area contributed by atoms with Crippen LogP contribution in [-0.4, -0.2) is 19.6 Å². The molecule has 2 heteroatoms. The molecular weight excluding hydrogens is 208 g/mol. The van der Waals surface area contributed by atoms with Crippen molar-refractivity contribution < 1.29 is 0 Å². The zero-order valence-electron chi connectivity index (χ0n) is 10.3. The summed E-state index contributed by atoms with van der Waals surface area (Å²) in [6.45, 7) is 14.1. The lowest BCUT2D eigenvalue weighted by Gasteiger charge is -2.35. The first-order valence-corrected chi connectivity index (χ1v) is 5.73. The smallest absolute Gasteiger partial charge is 0.133 e. The van der Waals surface area contributed by atoms with Crippen LogP contribution in [0.2, 0.25) is 0 Å². The molecule has 0 heterocycles. The predicted molar refractivity (Wildman–Crippen MR) is 77.8 cm³/mol. The third-order valence-electron chi connectivity index (χ3n) is 2.88. The summed E-state index contributed by atoms with van der Waals surface area (Å²) < 4.78 is 0.761. The van der Waals surface area contributed by atoms with Crippen molar-refractivity contribution in [3.63, 3.8) is 0 Å². The molecule has 90 valence electrons. The third-order valence-corrected chi connectivity index (χ3v) is 2.88. The molecule has 0 aromatic heterocycles. The molecular formula is C15H21N2+. The van der Waals surface area contributed by atoms with Gasteiger partial charge in [-0.25, -0.2) is 0 Å². The lowest BCUT2D eigenvalue weighted by molar-refractivity contribution is 0.365. The van der Waals surface area contributed by atoms with Gasteiger partial charge in [0.1, 0.15) is 25.3 Å². The topological polar surface area (TPSA) is 26.0 Å². The summed E-state index contributed by atoms with van der Waals surface area (Å²) in [5, 5.41) is 0. The fourth-order valence-electron chi connectivity index (χ4n) is 2.07. The maximum atomic E-state index is 5.72. The number of anilines is 1. The molecule has 0 atom stereocenters. The van der Waals surface area contributed by atoms with E-state index < -0.39 is 0 Å². The van der Waals surface area contributed by atoms with Crippen molar-refractivity contribution in [3.05, 3.63) is 62.2 Å². The highest BCUT2D eigenvalue weighted by Gasteiger charge is 2.25. The number of nitrogen functional groups attached to an aromatic ring is 1. The molecule has 0 bridgehead atoms. The Morgan fingerprint density at radius 2 is 1.29 bits per heavy atom. The first-order valence-electron chi connectivity index (χ1n) is 5.73. The van der Waals surface area contributed by atoms with Gasteiger partial charge in [-0.2, -0.15) is 0 Å². The van der Waals surface area contributed by atoms with E-state index in [1.54, 1.807) is 0 Å². The van der Waals surface area contributed by atoms with E-state index in [1.807, 2.05) is 30.4 Å². The molecule has 1 rings (SSSR count). The van der Waals surface area contributed by atoms with E-state index in [9.17, 15) is 0 Å². The molecule has 0 saturated heterocycles. The molecule has 17 heavy (non-hydrogen) atoms. The summed E-state index contributed by atoms with van der Waals surface area (Å²) in [5.74, 6) is 0. The molecule has 0 unspecified atom stereocenters. The molecule has 0 saturated carbocycles. The Hall–Kier alpha value is -1.80. The van der Waals surface area contributed by atoms with Gasteiger partial charge in [-0.1, -0.05) is 19.7 Å². The van der Waals surface area contributed by atoms with Gasteiger partial charge in [-0.3, -0.25) is 4.48 Å². The summed E-state index contributed by atoms with van der Waals surface area (Å²) in [5.41, 5.74) is 7.71. The monoisotopic (exact) mass is 229 g/mol. The van der Waals surface area contributed by atoms with Crippen LogP contribution in [0.1, 0.15) is 0 Å². The Morgan fingerprint density at radius 1 is 0.882 bits per heavy atom. The van der Waals surface area contributed by atoms with Crippen molar-refractivity contribution in [2.75, 3.05) is 25.4 Å². The second kappa shape index (κ2) is 6.06. The van der Waals surface area contributed by atoms with Gasteiger partial charge in [0.05, 0.1) is 0 Å². The number of nitrogens with two attached hydrogens (primary N) is 1. The molecule has 0 radical (unpaired) electrons. The number of hydrogen-bond acceptors (Lipinski definition) is 1. The van der Waals surface area contributed by atoms with Crippen LogP contribution in [0.3, 0.4) is 0 Å². The highest BCUT2D eigenvalue weighted by Crippen LogP contribution is 2.24. The standard InChI is InChI=1S/C15H21N2/c1-4-11-17(12-5-2,13-6-3)15-9-7-14(16)8-10-15/h4-10H,1-3,11-13,16H2/q+1. The SMILES string of the molecule is C=CC[N+](CC=C)(CC=C)c1ccc(N)cc1. The van der Waals surface area contributed by atoms with Crippen molar-refractivity contribution in [3.8, 4) is 0 Å². The van der Waals surface area contributed by atoms with E-state index in [0.29, 0.717) is 0 Å². The fraction of sp³-hybridized carbons (Fsp3) is 0.200. The van der Waals surface area contributed by atoms with Crippen molar-refractivity contribution >= 4 is 11.4 Å². The van der Waals surface area contributed by atoms with E-state index in [-0.39, 0.29) is 0 Å². The quantitative estimate of drug-likeness (QED) is 0.434. The Kier molecular flexibility index (Phi) is 4.73. The van der Waals surface area contributed by atoms with Gasteiger partial charge in [0.15, 0.2) is 0 Å². The number of benzene rings is 1. The van der Waals surface area contributed by atoms with E-state index in [2.05, 4.69) is 31.9 Å². The van der Waals surface area contributed by atoms with Crippen LogP contribution in [0.4, 0.5) is 11.4 Å². The summed E-state index contributed by atoms with van der Waals surface area (Å²) in [6, 6.07) is 7.98. The maximum absolute atomic E-state index is 5.72. The average molecular weight is 229 g/mol. The van der Waals surface area contributed by atoms with Crippen LogP contribution >= 0.6 is 0 Å². The summed E-state index contributed by atoms with van der Waals surface area (Å²) in [6.07, 6.45) is 5.80. The van der Waals surface area contributed by atoms with E-state index in [4.69, 9.17) is 5.73 Å². The van der Waals surface area contributed by atoms with Gasteiger partial charge in [-0.05, 0) is 30.4 Å². The van der Waals surface area contributed by atoms with Crippen LogP contribution in [-0.2, 0) is 0 Å². The predicted octanol–water partition coefficient (Wildman–Crippen LogP) is 3.13. The van der Waals surface area contributed by atoms with Crippen LogP contribution in [0.25, 0.3) is 0 Å². The van der Waals surface area contributed by atoms with Crippen LogP contribution in [0.15, 0.2) is 62.2 Å². The van der Waals surface area contributed by atoms with Crippen molar-refractivity contribution in [2.45, 2.75) is 0 Å². The van der Waals surface area contributed by atoms with Crippen LogP contribution in [0, 0.1) is 0 Å². The number of nitrogens with zero attached hydrogens (tertiary/aromatic N) is 1. The first-order chi connectivity index (χ1) is 8.18. The summed E-state index contributed by atoms with van der Waals surface area (Å²) in [4.78, 5) is 0. The second-order valence-electron chi connectivity index (χ2n) is 4.15. The molecule has 2 nitrogen and oxygen atoms in total. The normalized spacial score (nSPS) is 10.8. The largest absolute Gasteiger partial charge is 0.399 e. The molecule has 1 aromatic carbocycles. The molecule has 0 aliphatic heterocycles. The minimum absolute atomic E-state index is 0.761. The lowest BCUT2D eigenvalue weighted by atomic mass is 10.2. The Balaban J connectivity index is 3.17. The third kappa shape index (κ3) is 3.08. The van der Waals surface area contributed by atoms with Crippen molar-refractivity contribution in [1.82, 2.24) is 4.48 Å².